The zero-order chi connectivity index (χ0) is 13.8. The molecule has 1 aromatic carbocycles. The second-order valence-electron chi connectivity index (χ2n) is 5.05. The summed E-state index contributed by atoms with van der Waals surface area (Å²) in [4.78, 5) is 2.27. The van der Waals surface area contributed by atoms with Crippen LogP contribution >= 0.6 is 0 Å². The lowest BCUT2D eigenvalue weighted by Gasteiger charge is -2.32. The van der Waals surface area contributed by atoms with Gasteiger partial charge in [-0.15, -0.1) is 0 Å². The normalized spacial score (nSPS) is 21.6. The van der Waals surface area contributed by atoms with E-state index in [1.54, 1.807) is 0 Å². The lowest BCUT2D eigenvalue weighted by molar-refractivity contribution is 0.00134. The molecule has 1 unspecified atom stereocenters. The molecule has 0 amide bonds. The van der Waals surface area contributed by atoms with Crippen LogP contribution in [0.4, 0.5) is 0 Å². The van der Waals surface area contributed by atoms with Crippen molar-refractivity contribution in [3.8, 4) is 0 Å². The Bertz CT molecular complexity index is 474. The van der Waals surface area contributed by atoms with Crippen LogP contribution in [-0.4, -0.2) is 41.7 Å². The Labute approximate surface area is 113 Å². The van der Waals surface area contributed by atoms with Crippen molar-refractivity contribution in [3.05, 3.63) is 34.9 Å². The van der Waals surface area contributed by atoms with Gasteiger partial charge in [0.1, 0.15) is 6.10 Å². The third-order valence-corrected chi connectivity index (χ3v) is 3.49. The summed E-state index contributed by atoms with van der Waals surface area (Å²) in [7, 11) is 0. The van der Waals surface area contributed by atoms with Gasteiger partial charge in [-0.25, -0.2) is 0 Å². The first-order valence-electron chi connectivity index (χ1n) is 6.47. The number of benzene rings is 1. The third kappa shape index (κ3) is 3.45. The summed E-state index contributed by atoms with van der Waals surface area (Å²) in [5.74, 6) is 0.144. The molecule has 0 saturated carbocycles. The Hall–Kier alpha value is -1.59. The molecular formula is C14H21N3O2. The number of nitrogens with zero attached hydrogens (tertiary/aromatic N) is 2. The van der Waals surface area contributed by atoms with Crippen molar-refractivity contribution in [1.29, 1.82) is 0 Å². The smallest absolute Gasteiger partial charge is 0.169 e. The Morgan fingerprint density at radius 2 is 2.32 bits per heavy atom. The monoisotopic (exact) mass is 263 g/mol. The number of amidine groups is 1. The molecule has 1 saturated heterocycles. The number of rotatable bonds is 3. The first-order valence-corrected chi connectivity index (χ1v) is 6.47. The van der Waals surface area contributed by atoms with Crippen LogP contribution < -0.4 is 5.73 Å². The molecular weight excluding hydrogens is 242 g/mol. The van der Waals surface area contributed by atoms with E-state index >= 15 is 0 Å². The summed E-state index contributed by atoms with van der Waals surface area (Å²) in [5, 5.41) is 11.7. The van der Waals surface area contributed by atoms with Gasteiger partial charge in [0.25, 0.3) is 0 Å². The molecule has 1 aliphatic heterocycles. The number of morpholine rings is 1. The molecule has 0 aromatic heterocycles. The summed E-state index contributed by atoms with van der Waals surface area (Å²) >= 11 is 0. The molecule has 0 spiro atoms. The van der Waals surface area contributed by atoms with Gasteiger partial charge in [0.15, 0.2) is 5.84 Å². The Morgan fingerprint density at radius 1 is 1.53 bits per heavy atom. The molecule has 5 nitrogen and oxygen atoms in total. The number of hydrogen-bond acceptors (Lipinski definition) is 4. The first kappa shape index (κ1) is 13.8. The SMILES string of the molecule is Cc1ccc(C)c(CN2CCOC(C(N)=NO)C2)c1. The van der Waals surface area contributed by atoms with Crippen molar-refractivity contribution in [2.45, 2.75) is 26.5 Å². The van der Waals surface area contributed by atoms with Crippen LogP contribution in [-0.2, 0) is 11.3 Å². The average Bonchev–Trinajstić information content (AvgIpc) is 2.42. The molecule has 1 heterocycles. The van der Waals surface area contributed by atoms with Gasteiger partial charge in [-0.05, 0) is 25.0 Å². The Morgan fingerprint density at radius 3 is 3.05 bits per heavy atom. The number of ether oxygens (including phenoxy) is 1. The fraction of sp³-hybridized carbons (Fsp3) is 0.500. The van der Waals surface area contributed by atoms with E-state index in [9.17, 15) is 0 Å². The lowest BCUT2D eigenvalue weighted by atomic mass is 10.0. The highest BCUT2D eigenvalue weighted by Gasteiger charge is 2.24. The zero-order valence-electron chi connectivity index (χ0n) is 11.5. The minimum absolute atomic E-state index is 0.144. The van der Waals surface area contributed by atoms with E-state index in [0.29, 0.717) is 13.2 Å². The van der Waals surface area contributed by atoms with Gasteiger partial charge in [0.2, 0.25) is 0 Å². The van der Waals surface area contributed by atoms with Crippen LogP contribution in [0.15, 0.2) is 23.4 Å². The van der Waals surface area contributed by atoms with Crippen LogP contribution in [0.3, 0.4) is 0 Å². The van der Waals surface area contributed by atoms with E-state index in [-0.39, 0.29) is 11.9 Å². The van der Waals surface area contributed by atoms with Gasteiger partial charge < -0.3 is 15.7 Å². The first-order chi connectivity index (χ1) is 9.10. The maximum Gasteiger partial charge on any atom is 0.169 e. The summed E-state index contributed by atoms with van der Waals surface area (Å²) < 4.78 is 5.50. The summed E-state index contributed by atoms with van der Waals surface area (Å²) in [6.07, 6.45) is -0.316. The molecule has 2 rings (SSSR count). The van der Waals surface area contributed by atoms with Crippen molar-refractivity contribution in [2.75, 3.05) is 19.7 Å². The third-order valence-electron chi connectivity index (χ3n) is 3.49. The quantitative estimate of drug-likeness (QED) is 0.373. The van der Waals surface area contributed by atoms with E-state index in [1.165, 1.54) is 16.7 Å². The van der Waals surface area contributed by atoms with Crippen LogP contribution in [0.25, 0.3) is 0 Å². The maximum atomic E-state index is 8.71. The van der Waals surface area contributed by atoms with E-state index in [0.717, 1.165) is 13.1 Å². The zero-order valence-corrected chi connectivity index (χ0v) is 11.5. The molecule has 0 bridgehead atoms. The van der Waals surface area contributed by atoms with Gasteiger partial charge in [-0.1, -0.05) is 28.9 Å². The molecule has 19 heavy (non-hydrogen) atoms. The highest BCUT2D eigenvalue weighted by atomic mass is 16.5. The van der Waals surface area contributed by atoms with E-state index in [4.69, 9.17) is 15.7 Å². The van der Waals surface area contributed by atoms with E-state index < -0.39 is 0 Å². The van der Waals surface area contributed by atoms with Gasteiger partial charge in [-0.3, -0.25) is 4.90 Å². The van der Waals surface area contributed by atoms with Gasteiger partial charge >= 0.3 is 0 Å². The molecule has 1 atom stereocenters. The van der Waals surface area contributed by atoms with E-state index in [2.05, 4.69) is 42.1 Å². The topological polar surface area (TPSA) is 71.1 Å². The van der Waals surface area contributed by atoms with Crippen LogP contribution in [0.1, 0.15) is 16.7 Å². The molecule has 0 aliphatic carbocycles. The fourth-order valence-electron chi connectivity index (χ4n) is 2.30. The van der Waals surface area contributed by atoms with Crippen molar-refractivity contribution in [2.24, 2.45) is 10.9 Å². The fourth-order valence-corrected chi connectivity index (χ4v) is 2.30. The molecule has 0 radical (unpaired) electrons. The predicted molar refractivity (Wildman–Crippen MR) is 74.3 cm³/mol. The maximum absolute atomic E-state index is 8.71. The van der Waals surface area contributed by atoms with Crippen LogP contribution in [0.2, 0.25) is 0 Å². The summed E-state index contributed by atoms with van der Waals surface area (Å²) in [6, 6.07) is 6.48. The highest BCUT2D eigenvalue weighted by Crippen LogP contribution is 2.15. The Kier molecular flexibility index (Phi) is 4.39. The lowest BCUT2D eigenvalue weighted by Crippen LogP contribution is -2.48. The van der Waals surface area contributed by atoms with E-state index in [1.807, 2.05) is 0 Å². The van der Waals surface area contributed by atoms with Crippen molar-refractivity contribution in [1.82, 2.24) is 4.90 Å². The molecule has 3 N–H and O–H groups in total. The number of aryl methyl sites for hydroxylation is 2. The van der Waals surface area contributed by atoms with Crippen LogP contribution in [0, 0.1) is 13.8 Å². The predicted octanol–water partition coefficient (Wildman–Crippen LogP) is 1.25. The number of hydrogen-bond donors (Lipinski definition) is 2. The highest BCUT2D eigenvalue weighted by molar-refractivity contribution is 5.84. The number of oxime groups is 1. The second-order valence-corrected chi connectivity index (χ2v) is 5.05. The molecule has 5 heteroatoms. The van der Waals surface area contributed by atoms with Gasteiger partial charge in [0.05, 0.1) is 6.61 Å². The van der Waals surface area contributed by atoms with Crippen molar-refractivity contribution in [3.63, 3.8) is 0 Å². The van der Waals surface area contributed by atoms with Crippen LogP contribution in [0.5, 0.6) is 0 Å². The van der Waals surface area contributed by atoms with Gasteiger partial charge in [-0.2, -0.15) is 0 Å². The average molecular weight is 263 g/mol. The second kappa shape index (κ2) is 6.04. The summed E-state index contributed by atoms with van der Waals surface area (Å²) in [6.45, 7) is 7.21. The van der Waals surface area contributed by atoms with Gasteiger partial charge in [0, 0.05) is 19.6 Å². The minimum Gasteiger partial charge on any atom is -0.409 e. The Balaban J connectivity index is 2.04. The molecule has 1 aromatic rings. The largest absolute Gasteiger partial charge is 0.409 e. The standard InChI is InChI=1S/C14H21N3O2/c1-10-3-4-11(2)12(7-10)8-17-5-6-19-13(9-17)14(15)16-18/h3-4,7,13,18H,5-6,8-9H2,1-2H3,(H2,15,16). The van der Waals surface area contributed by atoms with Crippen molar-refractivity contribution >= 4 is 5.84 Å². The van der Waals surface area contributed by atoms with Crippen molar-refractivity contribution < 1.29 is 9.94 Å². The minimum atomic E-state index is -0.316. The molecule has 104 valence electrons. The number of nitrogens with two attached hydrogens (primary N) is 1. The molecule has 1 aliphatic rings. The molecule has 1 fully saturated rings. The summed E-state index contributed by atoms with van der Waals surface area (Å²) in [5.41, 5.74) is 9.48.